The third-order valence-corrected chi connectivity index (χ3v) is 1.72. The van der Waals surface area contributed by atoms with Crippen molar-refractivity contribution in [2.75, 3.05) is 0 Å². The molecule has 1 rings (SSSR count). The number of H-pyrrole nitrogens is 1. The summed E-state index contributed by atoms with van der Waals surface area (Å²) in [5, 5.41) is 8.48. The number of aromatic amines is 1. The molecule has 0 spiro atoms. The van der Waals surface area contributed by atoms with E-state index in [2.05, 4.69) is 4.98 Å². The number of nitrogens with two attached hydrogens (primary N) is 1. The number of aromatic nitrogens is 1. The summed E-state index contributed by atoms with van der Waals surface area (Å²) in [4.78, 5) is 13.2. The minimum absolute atomic E-state index is 0.479. The number of hydrogen-bond acceptors (Lipinski definition) is 2. The molecule has 0 bridgehead atoms. The standard InChI is InChI=1S/C8H12N2O2/c9-7(8(11)12)2-1-6-3-4-10-5-6/h3-5,7,10H,1-2,9H2,(H,11,12). The summed E-state index contributed by atoms with van der Waals surface area (Å²) in [5.74, 6) is -0.939. The molecule has 0 aliphatic rings. The van der Waals surface area contributed by atoms with E-state index in [-0.39, 0.29) is 0 Å². The van der Waals surface area contributed by atoms with E-state index in [9.17, 15) is 4.79 Å². The van der Waals surface area contributed by atoms with Crippen LogP contribution in [0.5, 0.6) is 0 Å². The van der Waals surface area contributed by atoms with E-state index in [1.54, 1.807) is 0 Å². The molecule has 0 aromatic carbocycles. The first-order valence-electron chi connectivity index (χ1n) is 3.80. The van der Waals surface area contributed by atoms with Gasteiger partial charge in [-0.25, -0.2) is 0 Å². The molecule has 4 nitrogen and oxygen atoms in total. The number of aryl methyl sites for hydroxylation is 1. The predicted octanol–water partition coefficient (Wildman–Crippen LogP) is 0.359. The van der Waals surface area contributed by atoms with Gasteiger partial charge < -0.3 is 15.8 Å². The van der Waals surface area contributed by atoms with E-state index in [1.165, 1.54) is 0 Å². The van der Waals surface area contributed by atoms with Crippen molar-refractivity contribution in [2.45, 2.75) is 18.9 Å². The van der Waals surface area contributed by atoms with E-state index in [0.717, 1.165) is 5.56 Å². The van der Waals surface area contributed by atoms with Crippen LogP contribution >= 0.6 is 0 Å². The zero-order valence-electron chi connectivity index (χ0n) is 6.66. The highest BCUT2D eigenvalue weighted by Gasteiger charge is 2.10. The SMILES string of the molecule is NC(CCc1cc[nH]c1)C(=O)O. The van der Waals surface area contributed by atoms with E-state index < -0.39 is 12.0 Å². The smallest absolute Gasteiger partial charge is 0.320 e. The van der Waals surface area contributed by atoms with Gasteiger partial charge in [-0.05, 0) is 24.5 Å². The second-order valence-electron chi connectivity index (χ2n) is 2.70. The van der Waals surface area contributed by atoms with Crippen LogP contribution in [0.3, 0.4) is 0 Å². The Morgan fingerprint density at radius 2 is 2.50 bits per heavy atom. The van der Waals surface area contributed by atoms with Gasteiger partial charge in [0.2, 0.25) is 0 Å². The first-order valence-corrected chi connectivity index (χ1v) is 3.80. The Hall–Kier alpha value is -1.29. The van der Waals surface area contributed by atoms with Crippen molar-refractivity contribution in [2.24, 2.45) is 5.73 Å². The zero-order chi connectivity index (χ0) is 8.97. The van der Waals surface area contributed by atoms with E-state index in [1.807, 2.05) is 18.5 Å². The van der Waals surface area contributed by atoms with Gasteiger partial charge in [-0.2, -0.15) is 0 Å². The van der Waals surface area contributed by atoms with Crippen molar-refractivity contribution in [3.63, 3.8) is 0 Å². The quantitative estimate of drug-likeness (QED) is 0.607. The fourth-order valence-electron chi connectivity index (χ4n) is 0.960. The lowest BCUT2D eigenvalue weighted by Crippen LogP contribution is -2.30. The van der Waals surface area contributed by atoms with Crippen LogP contribution in [0.25, 0.3) is 0 Å². The number of carboxylic acid groups (broad SMARTS) is 1. The molecule has 12 heavy (non-hydrogen) atoms. The monoisotopic (exact) mass is 168 g/mol. The topological polar surface area (TPSA) is 79.1 Å². The van der Waals surface area contributed by atoms with E-state index in [4.69, 9.17) is 10.8 Å². The Balaban J connectivity index is 2.31. The lowest BCUT2D eigenvalue weighted by atomic mass is 10.1. The molecule has 0 radical (unpaired) electrons. The Morgan fingerprint density at radius 1 is 1.75 bits per heavy atom. The molecule has 0 aliphatic heterocycles. The highest BCUT2D eigenvalue weighted by molar-refractivity contribution is 5.73. The van der Waals surface area contributed by atoms with Gasteiger partial charge in [0.25, 0.3) is 0 Å². The molecule has 66 valence electrons. The summed E-state index contributed by atoms with van der Waals surface area (Å²) >= 11 is 0. The maximum atomic E-state index is 10.3. The third kappa shape index (κ3) is 2.39. The maximum absolute atomic E-state index is 10.3. The fourth-order valence-corrected chi connectivity index (χ4v) is 0.960. The van der Waals surface area contributed by atoms with Crippen LogP contribution in [0, 0.1) is 0 Å². The summed E-state index contributed by atoms with van der Waals surface area (Å²) in [6, 6.07) is 1.16. The molecule has 1 unspecified atom stereocenters. The number of carbonyl (C=O) groups is 1. The van der Waals surface area contributed by atoms with Gasteiger partial charge in [0.1, 0.15) is 6.04 Å². The van der Waals surface area contributed by atoms with Crippen LogP contribution in [0.4, 0.5) is 0 Å². The molecular weight excluding hydrogens is 156 g/mol. The highest BCUT2D eigenvalue weighted by Crippen LogP contribution is 2.02. The number of nitrogens with one attached hydrogen (secondary N) is 1. The van der Waals surface area contributed by atoms with Gasteiger partial charge in [0, 0.05) is 12.4 Å². The van der Waals surface area contributed by atoms with Gasteiger partial charge in [-0.15, -0.1) is 0 Å². The van der Waals surface area contributed by atoms with Gasteiger partial charge >= 0.3 is 5.97 Å². The van der Waals surface area contributed by atoms with Gasteiger partial charge in [-0.3, -0.25) is 4.79 Å². The average molecular weight is 168 g/mol. The van der Waals surface area contributed by atoms with Gasteiger partial charge in [-0.1, -0.05) is 0 Å². The van der Waals surface area contributed by atoms with E-state index >= 15 is 0 Å². The first kappa shape index (κ1) is 8.80. The summed E-state index contributed by atoms with van der Waals surface area (Å²) in [6.45, 7) is 0. The van der Waals surface area contributed by atoms with Crippen LogP contribution < -0.4 is 5.73 Å². The first-order chi connectivity index (χ1) is 5.70. The molecule has 0 saturated carbocycles. The highest BCUT2D eigenvalue weighted by atomic mass is 16.4. The van der Waals surface area contributed by atoms with Crippen molar-refractivity contribution in [1.82, 2.24) is 4.98 Å². The molecule has 1 aromatic rings. The van der Waals surface area contributed by atoms with Gasteiger partial charge in [0.15, 0.2) is 0 Å². The summed E-state index contributed by atoms with van der Waals surface area (Å²) in [7, 11) is 0. The minimum atomic E-state index is -0.939. The van der Waals surface area contributed by atoms with Crippen LogP contribution in [0.15, 0.2) is 18.5 Å². The normalized spacial score (nSPS) is 12.8. The number of hydrogen-bond donors (Lipinski definition) is 3. The summed E-state index contributed by atoms with van der Waals surface area (Å²) in [6.07, 6.45) is 4.83. The van der Waals surface area contributed by atoms with Crippen LogP contribution in [0.1, 0.15) is 12.0 Å². The second kappa shape index (κ2) is 3.92. The zero-order valence-corrected chi connectivity index (χ0v) is 6.66. The molecule has 1 aromatic heterocycles. The minimum Gasteiger partial charge on any atom is -0.480 e. The predicted molar refractivity (Wildman–Crippen MR) is 44.7 cm³/mol. The Kier molecular flexibility index (Phi) is 2.88. The van der Waals surface area contributed by atoms with Gasteiger partial charge in [0.05, 0.1) is 0 Å². The largest absolute Gasteiger partial charge is 0.480 e. The van der Waals surface area contributed by atoms with Crippen molar-refractivity contribution >= 4 is 5.97 Å². The van der Waals surface area contributed by atoms with Crippen molar-refractivity contribution in [3.05, 3.63) is 24.0 Å². The van der Waals surface area contributed by atoms with Crippen LogP contribution in [0.2, 0.25) is 0 Å². The average Bonchev–Trinajstić information content (AvgIpc) is 2.51. The second-order valence-corrected chi connectivity index (χ2v) is 2.70. The fraction of sp³-hybridized carbons (Fsp3) is 0.375. The molecule has 0 amide bonds. The molecule has 0 fully saturated rings. The number of aliphatic carboxylic acids is 1. The summed E-state index contributed by atoms with van der Waals surface area (Å²) in [5.41, 5.74) is 6.41. The number of carboxylic acids is 1. The van der Waals surface area contributed by atoms with E-state index in [0.29, 0.717) is 12.8 Å². The van der Waals surface area contributed by atoms with Crippen molar-refractivity contribution < 1.29 is 9.90 Å². The van der Waals surface area contributed by atoms with Crippen molar-refractivity contribution in [1.29, 1.82) is 0 Å². The molecule has 4 N–H and O–H groups in total. The lowest BCUT2D eigenvalue weighted by Gasteiger charge is -2.03. The molecule has 0 saturated heterocycles. The maximum Gasteiger partial charge on any atom is 0.320 e. The molecule has 4 heteroatoms. The van der Waals surface area contributed by atoms with Crippen LogP contribution in [-0.4, -0.2) is 22.1 Å². The summed E-state index contributed by atoms with van der Waals surface area (Å²) < 4.78 is 0. The Labute approximate surface area is 70.4 Å². The van der Waals surface area contributed by atoms with Crippen molar-refractivity contribution in [3.8, 4) is 0 Å². The number of rotatable bonds is 4. The lowest BCUT2D eigenvalue weighted by molar-refractivity contribution is -0.138. The molecule has 1 atom stereocenters. The molecular formula is C8H12N2O2. The van der Waals surface area contributed by atoms with Crippen LogP contribution in [-0.2, 0) is 11.2 Å². The third-order valence-electron chi connectivity index (χ3n) is 1.72. The molecule has 0 aliphatic carbocycles. The Morgan fingerprint density at radius 3 is 3.00 bits per heavy atom. The Bertz CT molecular complexity index is 244. The molecule has 1 heterocycles.